The van der Waals surface area contributed by atoms with E-state index in [4.69, 9.17) is 4.74 Å². The first-order valence-electron chi connectivity index (χ1n) is 10.9. The highest BCUT2D eigenvalue weighted by Crippen LogP contribution is 2.29. The molecular weight excluding hydrogens is 388 g/mol. The van der Waals surface area contributed by atoms with Gasteiger partial charge in [0.05, 0.1) is 13.2 Å². The number of aliphatic hydroxyl groups is 1. The molecule has 0 saturated heterocycles. The van der Waals surface area contributed by atoms with Crippen LogP contribution in [0.3, 0.4) is 0 Å². The van der Waals surface area contributed by atoms with Crippen LogP contribution in [-0.2, 0) is 17.6 Å². The van der Waals surface area contributed by atoms with Crippen LogP contribution in [0.1, 0.15) is 29.2 Å². The molecule has 0 aromatic heterocycles. The Hall–Kier alpha value is -3.05. The molecule has 2 aromatic carbocycles. The van der Waals surface area contributed by atoms with Gasteiger partial charge in [-0.2, -0.15) is 0 Å². The first-order valence-corrected chi connectivity index (χ1v) is 10.9. The average molecular weight is 419 g/mol. The van der Waals surface area contributed by atoms with Gasteiger partial charge in [-0.1, -0.05) is 48.6 Å². The molecule has 4 rings (SSSR count). The van der Waals surface area contributed by atoms with Crippen LogP contribution in [0.2, 0.25) is 0 Å². The van der Waals surface area contributed by atoms with E-state index in [1.54, 1.807) is 7.11 Å². The molecule has 2 N–H and O–H groups in total. The van der Waals surface area contributed by atoms with E-state index < -0.39 is 12.1 Å². The van der Waals surface area contributed by atoms with Crippen LogP contribution in [0.25, 0.3) is 0 Å². The van der Waals surface area contributed by atoms with Gasteiger partial charge in [-0.3, -0.25) is 4.79 Å². The van der Waals surface area contributed by atoms with Gasteiger partial charge in [-0.25, -0.2) is 0 Å². The number of carbonyl (C=O) groups excluding carboxylic acids is 1. The molecule has 1 aliphatic heterocycles. The minimum atomic E-state index is -0.810. The molecule has 162 valence electrons. The number of aliphatic hydroxyl groups excluding tert-OH is 1. The summed E-state index contributed by atoms with van der Waals surface area (Å²) in [5.74, 6) is 1.04. The Kier molecular flexibility index (Phi) is 6.73. The molecule has 1 amide bonds. The van der Waals surface area contributed by atoms with E-state index in [0.717, 1.165) is 30.7 Å². The zero-order chi connectivity index (χ0) is 21.6. The summed E-state index contributed by atoms with van der Waals surface area (Å²) in [7, 11) is 1.62. The number of carbonyl (C=O) groups is 1. The van der Waals surface area contributed by atoms with Gasteiger partial charge in [-0.15, -0.1) is 0 Å². The average Bonchev–Trinajstić information content (AvgIpc) is 3.21. The fourth-order valence-electron chi connectivity index (χ4n) is 4.48. The standard InChI is InChI=1S/C26H30N2O3/c1-31-23-11-9-20(10-12-23)26(30)24(18-28-13-5-2-6-14-28)27-25(29)17-19-15-21-7-3-4-8-22(21)16-19/h2-13,19,24,26,30H,14-18H2,1H3,(H,27,29)/t24-,26-/m1/s1. The highest BCUT2D eigenvalue weighted by molar-refractivity contribution is 5.77. The van der Waals surface area contributed by atoms with Crippen molar-refractivity contribution in [1.82, 2.24) is 10.2 Å². The monoisotopic (exact) mass is 418 g/mol. The fraction of sp³-hybridized carbons (Fsp3) is 0.346. The van der Waals surface area contributed by atoms with E-state index >= 15 is 0 Å². The highest BCUT2D eigenvalue weighted by atomic mass is 16.5. The Morgan fingerprint density at radius 2 is 1.84 bits per heavy atom. The van der Waals surface area contributed by atoms with E-state index in [-0.39, 0.29) is 5.91 Å². The number of ether oxygens (including phenoxy) is 1. The third-order valence-electron chi connectivity index (χ3n) is 6.11. The first-order chi connectivity index (χ1) is 15.1. The molecule has 0 fully saturated rings. The van der Waals surface area contributed by atoms with Crippen LogP contribution < -0.4 is 10.1 Å². The summed E-state index contributed by atoms with van der Waals surface area (Å²) in [5, 5.41) is 14.2. The second-order valence-corrected chi connectivity index (χ2v) is 8.36. The number of allylic oxidation sites excluding steroid dienone is 2. The quantitative estimate of drug-likeness (QED) is 0.690. The molecule has 0 bridgehead atoms. The van der Waals surface area contributed by atoms with Crippen molar-refractivity contribution in [2.24, 2.45) is 5.92 Å². The van der Waals surface area contributed by atoms with Gasteiger partial charge < -0.3 is 20.1 Å². The summed E-state index contributed by atoms with van der Waals surface area (Å²) in [6.07, 6.45) is 9.57. The lowest BCUT2D eigenvalue weighted by molar-refractivity contribution is -0.123. The Morgan fingerprint density at radius 3 is 2.45 bits per heavy atom. The minimum absolute atomic E-state index is 0.00750. The molecule has 1 heterocycles. The molecule has 2 atom stereocenters. The number of hydrogen-bond acceptors (Lipinski definition) is 4. The molecule has 0 saturated carbocycles. The van der Waals surface area contributed by atoms with E-state index in [1.807, 2.05) is 42.6 Å². The topological polar surface area (TPSA) is 61.8 Å². The molecule has 5 nitrogen and oxygen atoms in total. The molecule has 0 radical (unpaired) electrons. The normalized spacial score (nSPS) is 17.3. The Bertz CT molecular complexity index is 926. The van der Waals surface area contributed by atoms with Crippen LogP contribution in [0.5, 0.6) is 5.75 Å². The summed E-state index contributed by atoms with van der Waals surface area (Å²) in [6, 6.07) is 15.4. The summed E-state index contributed by atoms with van der Waals surface area (Å²) >= 11 is 0. The summed E-state index contributed by atoms with van der Waals surface area (Å²) in [4.78, 5) is 15.0. The van der Waals surface area contributed by atoms with Crippen LogP contribution in [0.15, 0.2) is 73.0 Å². The predicted molar refractivity (Wildman–Crippen MR) is 122 cm³/mol. The summed E-state index contributed by atoms with van der Waals surface area (Å²) in [6.45, 7) is 1.29. The van der Waals surface area contributed by atoms with Gasteiger partial charge in [0.2, 0.25) is 5.91 Å². The van der Waals surface area contributed by atoms with Crippen molar-refractivity contribution in [1.29, 1.82) is 0 Å². The number of benzene rings is 2. The number of rotatable bonds is 8. The number of fused-ring (bicyclic) bond motifs is 1. The molecule has 5 heteroatoms. The zero-order valence-corrected chi connectivity index (χ0v) is 17.9. The van der Waals surface area contributed by atoms with Crippen molar-refractivity contribution in [3.05, 3.63) is 89.6 Å². The van der Waals surface area contributed by atoms with Gasteiger partial charge >= 0.3 is 0 Å². The van der Waals surface area contributed by atoms with Crippen LogP contribution >= 0.6 is 0 Å². The Morgan fingerprint density at radius 1 is 1.13 bits per heavy atom. The van der Waals surface area contributed by atoms with Crippen LogP contribution in [-0.4, -0.2) is 42.2 Å². The smallest absolute Gasteiger partial charge is 0.220 e. The molecule has 2 aromatic rings. The number of amides is 1. The second-order valence-electron chi connectivity index (χ2n) is 8.36. The maximum absolute atomic E-state index is 12.9. The highest BCUT2D eigenvalue weighted by Gasteiger charge is 2.28. The van der Waals surface area contributed by atoms with Gasteiger partial charge in [0.1, 0.15) is 11.9 Å². The number of nitrogens with zero attached hydrogens (tertiary/aromatic N) is 1. The van der Waals surface area contributed by atoms with Crippen molar-refractivity contribution in [2.45, 2.75) is 31.4 Å². The molecule has 0 unspecified atom stereocenters. The van der Waals surface area contributed by atoms with E-state index in [1.165, 1.54) is 11.1 Å². The first kappa shape index (κ1) is 21.2. The number of hydrogen-bond donors (Lipinski definition) is 2. The maximum atomic E-state index is 12.9. The molecular formula is C26H30N2O3. The number of nitrogens with one attached hydrogen (secondary N) is 1. The van der Waals surface area contributed by atoms with Gasteiger partial charge in [0.15, 0.2) is 0 Å². The van der Waals surface area contributed by atoms with E-state index in [0.29, 0.717) is 18.9 Å². The lowest BCUT2D eigenvalue weighted by Crippen LogP contribution is -2.46. The largest absolute Gasteiger partial charge is 0.497 e. The fourth-order valence-corrected chi connectivity index (χ4v) is 4.48. The lowest BCUT2D eigenvalue weighted by atomic mass is 9.99. The third-order valence-corrected chi connectivity index (χ3v) is 6.11. The molecule has 0 spiro atoms. The zero-order valence-electron chi connectivity index (χ0n) is 17.9. The Labute approximate surface area is 184 Å². The van der Waals surface area contributed by atoms with Crippen molar-refractivity contribution in [3.8, 4) is 5.75 Å². The SMILES string of the molecule is COc1ccc([C@@H](O)[C@@H](CN2C=CC=CC2)NC(=O)CC2Cc3ccccc3C2)cc1. The Balaban J connectivity index is 1.42. The lowest BCUT2D eigenvalue weighted by Gasteiger charge is -2.31. The molecule has 1 aliphatic carbocycles. The van der Waals surface area contributed by atoms with Crippen LogP contribution in [0, 0.1) is 5.92 Å². The van der Waals surface area contributed by atoms with Crippen molar-refractivity contribution in [2.75, 3.05) is 20.2 Å². The number of methoxy groups -OCH3 is 1. The second kappa shape index (κ2) is 9.84. The molecule has 2 aliphatic rings. The molecule has 31 heavy (non-hydrogen) atoms. The van der Waals surface area contributed by atoms with Crippen molar-refractivity contribution < 1.29 is 14.6 Å². The minimum Gasteiger partial charge on any atom is -0.497 e. The predicted octanol–water partition coefficient (Wildman–Crippen LogP) is 3.40. The van der Waals surface area contributed by atoms with Gasteiger partial charge in [0, 0.05) is 19.5 Å². The maximum Gasteiger partial charge on any atom is 0.220 e. The third kappa shape index (κ3) is 5.36. The summed E-state index contributed by atoms with van der Waals surface area (Å²) < 4.78 is 5.22. The van der Waals surface area contributed by atoms with Gasteiger partial charge in [0.25, 0.3) is 0 Å². The summed E-state index contributed by atoms with van der Waals surface area (Å²) in [5.41, 5.74) is 3.46. The van der Waals surface area contributed by atoms with Crippen molar-refractivity contribution >= 4 is 5.91 Å². The van der Waals surface area contributed by atoms with E-state index in [9.17, 15) is 9.90 Å². The van der Waals surface area contributed by atoms with Crippen molar-refractivity contribution in [3.63, 3.8) is 0 Å². The van der Waals surface area contributed by atoms with E-state index in [2.05, 4.69) is 40.6 Å². The van der Waals surface area contributed by atoms with Crippen LogP contribution in [0.4, 0.5) is 0 Å². The van der Waals surface area contributed by atoms with Gasteiger partial charge in [-0.05, 0) is 59.9 Å².